The molecular formula is C17H30N2O. The summed E-state index contributed by atoms with van der Waals surface area (Å²) in [4.78, 5) is 2.62. The van der Waals surface area contributed by atoms with Crippen molar-refractivity contribution in [2.75, 3.05) is 13.1 Å². The van der Waals surface area contributed by atoms with Crippen LogP contribution in [0.3, 0.4) is 0 Å². The monoisotopic (exact) mass is 278 g/mol. The molecule has 0 aromatic carbocycles. The molecule has 0 spiro atoms. The molecule has 3 nitrogen and oxygen atoms in total. The molecule has 0 saturated carbocycles. The Bertz CT molecular complexity index is 405. The number of nitrogens with one attached hydrogen (secondary N) is 1. The Morgan fingerprint density at radius 2 is 2.00 bits per heavy atom. The zero-order valence-corrected chi connectivity index (χ0v) is 13.8. The van der Waals surface area contributed by atoms with Gasteiger partial charge in [0.2, 0.25) is 0 Å². The summed E-state index contributed by atoms with van der Waals surface area (Å²) >= 11 is 0. The number of furan rings is 1. The van der Waals surface area contributed by atoms with Crippen molar-refractivity contribution < 1.29 is 4.42 Å². The fourth-order valence-corrected chi connectivity index (χ4v) is 3.13. The van der Waals surface area contributed by atoms with Gasteiger partial charge in [-0.3, -0.25) is 4.90 Å². The highest BCUT2D eigenvalue weighted by Crippen LogP contribution is 2.31. The SMILES string of the molecule is CC(C)C1CNC(C(C)(C)C)CN1C(C)c1ccco1. The largest absolute Gasteiger partial charge is 0.468 e. The van der Waals surface area contributed by atoms with Crippen LogP contribution in [0.25, 0.3) is 0 Å². The summed E-state index contributed by atoms with van der Waals surface area (Å²) in [7, 11) is 0. The molecule has 3 heteroatoms. The minimum Gasteiger partial charge on any atom is -0.468 e. The maximum Gasteiger partial charge on any atom is 0.120 e. The predicted molar refractivity (Wildman–Crippen MR) is 83.7 cm³/mol. The van der Waals surface area contributed by atoms with E-state index in [4.69, 9.17) is 4.42 Å². The van der Waals surface area contributed by atoms with E-state index in [1.807, 2.05) is 6.07 Å². The van der Waals surface area contributed by atoms with Crippen molar-refractivity contribution in [3.63, 3.8) is 0 Å². The van der Waals surface area contributed by atoms with Gasteiger partial charge in [0.1, 0.15) is 5.76 Å². The van der Waals surface area contributed by atoms with Crippen LogP contribution >= 0.6 is 0 Å². The minimum atomic E-state index is 0.281. The zero-order chi connectivity index (χ0) is 14.9. The van der Waals surface area contributed by atoms with Gasteiger partial charge in [-0.25, -0.2) is 0 Å². The van der Waals surface area contributed by atoms with Gasteiger partial charge in [-0.15, -0.1) is 0 Å². The molecule has 0 amide bonds. The van der Waals surface area contributed by atoms with Crippen LogP contribution in [0.15, 0.2) is 22.8 Å². The van der Waals surface area contributed by atoms with Gasteiger partial charge in [-0.05, 0) is 30.4 Å². The molecule has 2 heterocycles. The lowest BCUT2D eigenvalue weighted by atomic mass is 9.83. The van der Waals surface area contributed by atoms with Crippen molar-refractivity contribution in [2.24, 2.45) is 11.3 Å². The molecule has 1 N–H and O–H groups in total. The highest BCUT2D eigenvalue weighted by molar-refractivity contribution is 5.06. The molecule has 1 fully saturated rings. The zero-order valence-electron chi connectivity index (χ0n) is 13.8. The summed E-state index contributed by atoms with van der Waals surface area (Å²) < 4.78 is 5.64. The van der Waals surface area contributed by atoms with Crippen molar-refractivity contribution in [3.05, 3.63) is 24.2 Å². The van der Waals surface area contributed by atoms with E-state index < -0.39 is 0 Å². The lowest BCUT2D eigenvalue weighted by Gasteiger charge is -2.48. The second-order valence-corrected chi connectivity index (χ2v) is 7.53. The Morgan fingerprint density at radius 1 is 1.30 bits per heavy atom. The van der Waals surface area contributed by atoms with E-state index in [0.29, 0.717) is 24.0 Å². The molecule has 1 aromatic heterocycles. The maximum absolute atomic E-state index is 5.64. The summed E-state index contributed by atoms with van der Waals surface area (Å²) in [6, 6.07) is 5.50. The standard InChI is InChI=1S/C17H30N2O/c1-12(2)14-10-18-16(17(4,5)6)11-19(14)13(3)15-8-7-9-20-15/h7-9,12-14,16,18H,10-11H2,1-6H3. The van der Waals surface area contributed by atoms with E-state index >= 15 is 0 Å². The first kappa shape index (κ1) is 15.6. The lowest BCUT2D eigenvalue weighted by Crippen LogP contribution is -2.61. The maximum atomic E-state index is 5.64. The quantitative estimate of drug-likeness (QED) is 0.914. The van der Waals surface area contributed by atoms with Gasteiger partial charge in [0.15, 0.2) is 0 Å². The molecule has 3 unspecified atom stereocenters. The summed E-state index contributed by atoms with van der Waals surface area (Å²) in [6.45, 7) is 16.0. The number of piperazine rings is 1. The third-order valence-electron chi connectivity index (χ3n) is 4.66. The van der Waals surface area contributed by atoms with Crippen molar-refractivity contribution in [1.29, 1.82) is 0 Å². The average molecular weight is 278 g/mol. The third-order valence-corrected chi connectivity index (χ3v) is 4.66. The fourth-order valence-electron chi connectivity index (χ4n) is 3.13. The fraction of sp³-hybridized carbons (Fsp3) is 0.765. The molecule has 1 saturated heterocycles. The van der Waals surface area contributed by atoms with Crippen LogP contribution in [0.2, 0.25) is 0 Å². The first-order valence-electron chi connectivity index (χ1n) is 7.83. The summed E-state index contributed by atoms with van der Waals surface area (Å²) in [5.41, 5.74) is 0.281. The van der Waals surface area contributed by atoms with Gasteiger partial charge in [-0.1, -0.05) is 34.6 Å². The van der Waals surface area contributed by atoms with Crippen molar-refractivity contribution in [1.82, 2.24) is 10.2 Å². The molecule has 0 radical (unpaired) electrons. The highest BCUT2D eigenvalue weighted by Gasteiger charge is 2.38. The number of hydrogen-bond donors (Lipinski definition) is 1. The molecule has 114 valence electrons. The summed E-state index contributed by atoms with van der Waals surface area (Å²) in [6.07, 6.45) is 1.78. The molecule has 1 aromatic rings. The lowest BCUT2D eigenvalue weighted by molar-refractivity contribution is 0.0273. The first-order chi connectivity index (χ1) is 9.30. The van der Waals surface area contributed by atoms with E-state index in [0.717, 1.165) is 18.8 Å². The van der Waals surface area contributed by atoms with E-state index in [9.17, 15) is 0 Å². The van der Waals surface area contributed by atoms with Crippen LogP contribution in [-0.4, -0.2) is 30.1 Å². The molecule has 20 heavy (non-hydrogen) atoms. The Balaban J connectivity index is 2.19. The second kappa shape index (κ2) is 5.90. The Labute approximate surface area is 123 Å². The number of rotatable bonds is 3. The topological polar surface area (TPSA) is 28.4 Å². The smallest absolute Gasteiger partial charge is 0.120 e. The number of hydrogen-bond acceptors (Lipinski definition) is 3. The van der Waals surface area contributed by atoms with Gasteiger partial charge in [0, 0.05) is 25.2 Å². The van der Waals surface area contributed by atoms with Crippen LogP contribution in [0.4, 0.5) is 0 Å². The van der Waals surface area contributed by atoms with E-state index in [1.165, 1.54) is 0 Å². The summed E-state index contributed by atoms with van der Waals surface area (Å²) in [5, 5.41) is 3.75. The van der Waals surface area contributed by atoms with Crippen LogP contribution in [0, 0.1) is 11.3 Å². The second-order valence-electron chi connectivity index (χ2n) is 7.53. The summed E-state index contributed by atoms with van der Waals surface area (Å²) in [5.74, 6) is 1.71. The van der Waals surface area contributed by atoms with Crippen molar-refractivity contribution in [3.8, 4) is 0 Å². The molecule has 2 rings (SSSR count). The van der Waals surface area contributed by atoms with Crippen molar-refractivity contribution >= 4 is 0 Å². The van der Waals surface area contributed by atoms with Crippen molar-refractivity contribution in [2.45, 2.75) is 59.7 Å². The van der Waals surface area contributed by atoms with Gasteiger partial charge >= 0.3 is 0 Å². The molecule has 0 aliphatic carbocycles. The van der Waals surface area contributed by atoms with Gasteiger partial charge in [-0.2, -0.15) is 0 Å². The van der Waals surface area contributed by atoms with Crippen LogP contribution < -0.4 is 5.32 Å². The van der Waals surface area contributed by atoms with Gasteiger partial charge in [0.25, 0.3) is 0 Å². The predicted octanol–water partition coefficient (Wildman–Crippen LogP) is 3.69. The first-order valence-corrected chi connectivity index (χ1v) is 7.83. The van der Waals surface area contributed by atoms with Gasteiger partial charge in [0.05, 0.1) is 12.3 Å². The molecule has 0 bridgehead atoms. The normalized spacial score (nSPS) is 26.9. The molecular weight excluding hydrogens is 248 g/mol. The molecule has 1 aliphatic heterocycles. The van der Waals surface area contributed by atoms with Crippen LogP contribution in [0.5, 0.6) is 0 Å². The van der Waals surface area contributed by atoms with Crippen LogP contribution in [0.1, 0.15) is 53.3 Å². The van der Waals surface area contributed by atoms with E-state index in [2.05, 4.69) is 57.8 Å². The van der Waals surface area contributed by atoms with Gasteiger partial charge < -0.3 is 9.73 Å². The average Bonchev–Trinajstić information content (AvgIpc) is 2.89. The third kappa shape index (κ3) is 3.26. The van der Waals surface area contributed by atoms with Crippen LogP contribution in [-0.2, 0) is 0 Å². The molecule has 3 atom stereocenters. The minimum absolute atomic E-state index is 0.281. The Morgan fingerprint density at radius 3 is 2.50 bits per heavy atom. The highest BCUT2D eigenvalue weighted by atomic mass is 16.3. The Kier molecular flexibility index (Phi) is 4.60. The Hall–Kier alpha value is -0.800. The van der Waals surface area contributed by atoms with E-state index in [1.54, 1.807) is 6.26 Å². The molecule has 1 aliphatic rings. The van der Waals surface area contributed by atoms with E-state index in [-0.39, 0.29) is 5.41 Å². The number of nitrogens with zero attached hydrogens (tertiary/aromatic N) is 1.